The van der Waals surface area contributed by atoms with Crippen LogP contribution in [0.1, 0.15) is 51.4 Å². The minimum Gasteiger partial charge on any atom is -0.353 e. The lowest BCUT2D eigenvalue weighted by molar-refractivity contribution is -0.122. The fourth-order valence-electron chi connectivity index (χ4n) is 3.38. The van der Waals surface area contributed by atoms with Gasteiger partial charge in [-0.25, -0.2) is 0 Å². The predicted octanol–water partition coefficient (Wildman–Crippen LogP) is 1.49. The molecule has 1 heterocycles. The average molecular weight is 267 g/mol. The maximum absolute atomic E-state index is 12.0. The lowest BCUT2D eigenvalue weighted by Crippen LogP contribution is -2.43. The Morgan fingerprint density at radius 1 is 1.26 bits per heavy atom. The highest BCUT2D eigenvalue weighted by atomic mass is 16.1. The van der Waals surface area contributed by atoms with Crippen LogP contribution >= 0.6 is 0 Å². The maximum Gasteiger partial charge on any atom is 0.220 e. The van der Waals surface area contributed by atoms with Crippen LogP contribution in [0, 0.1) is 5.92 Å². The third-order valence-electron chi connectivity index (χ3n) is 4.69. The molecule has 110 valence electrons. The zero-order valence-electron chi connectivity index (χ0n) is 12.2. The Kier molecular flexibility index (Phi) is 5.64. The van der Waals surface area contributed by atoms with Crippen molar-refractivity contribution in [3.8, 4) is 0 Å². The van der Waals surface area contributed by atoms with Gasteiger partial charge in [0.1, 0.15) is 0 Å². The van der Waals surface area contributed by atoms with Crippen molar-refractivity contribution < 1.29 is 4.79 Å². The number of amides is 1. The second kappa shape index (κ2) is 7.25. The Morgan fingerprint density at radius 3 is 2.68 bits per heavy atom. The van der Waals surface area contributed by atoms with E-state index in [0.717, 1.165) is 45.2 Å². The number of nitrogens with one attached hydrogen (secondary N) is 1. The van der Waals surface area contributed by atoms with Gasteiger partial charge in [0.05, 0.1) is 0 Å². The fraction of sp³-hybridized carbons (Fsp3) is 0.933. The molecular weight excluding hydrogens is 238 g/mol. The van der Waals surface area contributed by atoms with E-state index in [1.54, 1.807) is 0 Å². The van der Waals surface area contributed by atoms with Crippen molar-refractivity contribution in [1.82, 2.24) is 10.2 Å². The first-order valence-corrected chi connectivity index (χ1v) is 7.87. The van der Waals surface area contributed by atoms with Gasteiger partial charge in [0, 0.05) is 18.5 Å². The number of carbonyl (C=O) groups excluding carboxylic acids is 1. The van der Waals surface area contributed by atoms with Crippen molar-refractivity contribution in [3.05, 3.63) is 0 Å². The standard InChI is InChI=1S/C15H29N3O/c1-18-9-7-14(8-10-18)17-15(19)6-5-12-3-2-4-13(16)11-12/h12-14H,2-11,16H2,1H3,(H,17,19). The van der Waals surface area contributed by atoms with Crippen molar-refractivity contribution >= 4 is 5.91 Å². The Bertz CT molecular complexity index is 287. The number of piperidine rings is 1. The number of hydrogen-bond donors (Lipinski definition) is 2. The summed E-state index contributed by atoms with van der Waals surface area (Å²) in [5.41, 5.74) is 5.99. The molecule has 2 rings (SSSR count). The third kappa shape index (κ3) is 5.11. The van der Waals surface area contributed by atoms with E-state index in [0.29, 0.717) is 24.4 Å². The summed E-state index contributed by atoms with van der Waals surface area (Å²) in [6.07, 6.45) is 8.67. The Hall–Kier alpha value is -0.610. The summed E-state index contributed by atoms with van der Waals surface area (Å²) in [7, 11) is 2.14. The molecule has 0 radical (unpaired) electrons. The highest BCUT2D eigenvalue weighted by Gasteiger charge is 2.21. The molecule has 1 amide bonds. The van der Waals surface area contributed by atoms with E-state index >= 15 is 0 Å². The zero-order chi connectivity index (χ0) is 13.7. The number of carbonyl (C=O) groups is 1. The summed E-state index contributed by atoms with van der Waals surface area (Å²) in [5, 5.41) is 3.19. The largest absolute Gasteiger partial charge is 0.353 e. The molecule has 0 aromatic heterocycles. The van der Waals surface area contributed by atoms with E-state index in [-0.39, 0.29) is 5.91 Å². The van der Waals surface area contributed by atoms with Crippen LogP contribution in [0.5, 0.6) is 0 Å². The maximum atomic E-state index is 12.0. The van der Waals surface area contributed by atoms with Gasteiger partial charge in [-0.05, 0) is 58.2 Å². The van der Waals surface area contributed by atoms with Crippen molar-refractivity contribution in [2.75, 3.05) is 20.1 Å². The van der Waals surface area contributed by atoms with Crippen LogP contribution in [0.25, 0.3) is 0 Å². The van der Waals surface area contributed by atoms with Crippen molar-refractivity contribution in [2.24, 2.45) is 11.7 Å². The minimum atomic E-state index is 0.244. The van der Waals surface area contributed by atoms with Crippen LogP contribution < -0.4 is 11.1 Å². The number of hydrogen-bond acceptors (Lipinski definition) is 3. The Labute approximate surface area is 117 Å². The topological polar surface area (TPSA) is 58.4 Å². The minimum absolute atomic E-state index is 0.244. The first-order chi connectivity index (χ1) is 9.13. The number of nitrogens with two attached hydrogens (primary N) is 1. The van der Waals surface area contributed by atoms with Crippen molar-refractivity contribution in [2.45, 2.75) is 63.5 Å². The number of nitrogens with zero attached hydrogens (tertiary/aromatic N) is 1. The van der Waals surface area contributed by atoms with Gasteiger partial charge in [0.25, 0.3) is 0 Å². The van der Waals surface area contributed by atoms with Gasteiger partial charge >= 0.3 is 0 Å². The molecule has 1 saturated heterocycles. The molecule has 2 aliphatic rings. The van der Waals surface area contributed by atoms with E-state index < -0.39 is 0 Å². The van der Waals surface area contributed by atoms with Crippen LogP contribution in [-0.2, 0) is 4.79 Å². The molecule has 2 atom stereocenters. The van der Waals surface area contributed by atoms with Crippen LogP contribution in [-0.4, -0.2) is 43.0 Å². The van der Waals surface area contributed by atoms with Gasteiger partial charge in [0.2, 0.25) is 5.91 Å². The molecule has 0 spiro atoms. The second-order valence-corrected chi connectivity index (χ2v) is 6.48. The molecule has 0 bridgehead atoms. The average Bonchev–Trinajstić information content (AvgIpc) is 2.39. The molecule has 4 heteroatoms. The molecule has 4 nitrogen and oxygen atoms in total. The first-order valence-electron chi connectivity index (χ1n) is 7.87. The van der Waals surface area contributed by atoms with Gasteiger partial charge in [0.15, 0.2) is 0 Å². The van der Waals surface area contributed by atoms with Gasteiger partial charge in [-0.15, -0.1) is 0 Å². The van der Waals surface area contributed by atoms with E-state index in [1.165, 1.54) is 12.8 Å². The predicted molar refractivity (Wildman–Crippen MR) is 77.8 cm³/mol. The normalized spacial score (nSPS) is 30.2. The Balaban J connectivity index is 1.61. The summed E-state index contributed by atoms with van der Waals surface area (Å²) >= 11 is 0. The molecule has 0 aromatic carbocycles. The van der Waals surface area contributed by atoms with E-state index in [1.807, 2.05) is 0 Å². The van der Waals surface area contributed by atoms with Gasteiger partial charge in [-0.3, -0.25) is 4.79 Å². The molecule has 2 fully saturated rings. The molecule has 1 saturated carbocycles. The zero-order valence-corrected chi connectivity index (χ0v) is 12.2. The molecule has 1 aliphatic carbocycles. The van der Waals surface area contributed by atoms with Crippen LogP contribution in [0.3, 0.4) is 0 Å². The van der Waals surface area contributed by atoms with Crippen molar-refractivity contribution in [1.29, 1.82) is 0 Å². The summed E-state index contributed by atoms with van der Waals surface area (Å²) in [4.78, 5) is 14.3. The summed E-state index contributed by atoms with van der Waals surface area (Å²) in [5.74, 6) is 0.917. The lowest BCUT2D eigenvalue weighted by Gasteiger charge is -2.30. The smallest absolute Gasteiger partial charge is 0.220 e. The summed E-state index contributed by atoms with van der Waals surface area (Å²) in [6.45, 7) is 2.20. The van der Waals surface area contributed by atoms with Gasteiger partial charge < -0.3 is 16.0 Å². The highest BCUT2D eigenvalue weighted by molar-refractivity contribution is 5.76. The van der Waals surface area contributed by atoms with E-state index in [2.05, 4.69) is 17.3 Å². The third-order valence-corrected chi connectivity index (χ3v) is 4.69. The SMILES string of the molecule is CN1CCC(NC(=O)CCC2CCCC(N)C2)CC1. The molecule has 0 aromatic rings. The molecule has 19 heavy (non-hydrogen) atoms. The molecular formula is C15H29N3O. The van der Waals surface area contributed by atoms with E-state index in [9.17, 15) is 4.79 Å². The highest BCUT2D eigenvalue weighted by Crippen LogP contribution is 2.26. The molecule has 3 N–H and O–H groups in total. The summed E-state index contributed by atoms with van der Waals surface area (Å²) in [6, 6.07) is 0.771. The van der Waals surface area contributed by atoms with Crippen LogP contribution in [0.15, 0.2) is 0 Å². The van der Waals surface area contributed by atoms with E-state index in [4.69, 9.17) is 5.73 Å². The second-order valence-electron chi connectivity index (χ2n) is 6.48. The first kappa shape index (κ1) is 14.8. The lowest BCUT2D eigenvalue weighted by atomic mass is 9.83. The van der Waals surface area contributed by atoms with Crippen molar-refractivity contribution in [3.63, 3.8) is 0 Å². The molecule has 1 aliphatic heterocycles. The monoisotopic (exact) mass is 267 g/mol. The van der Waals surface area contributed by atoms with Gasteiger partial charge in [-0.2, -0.15) is 0 Å². The van der Waals surface area contributed by atoms with Crippen LogP contribution in [0.4, 0.5) is 0 Å². The fourth-order valence-corrected chi connectivity index (χ4v) is 3.38. The molecule has 2 unspecified atom stereocenters. The number of likely N-dealkylation sites (tertiary alicyclic amines) is 1. The quantitative estimate of drug-likeness (QED) is 0.811. The van der Waals surface area contributed by atoms with Gasteiger partial charge in [-0.1, -0.05) is 12.8 Å². The Morgan fingerprint density at radius 2 is 2.00 bits per heavy atom. The number of rotatable bonds is 4. The van der Waals surface area contributed by atoms with Crippen LogP contribution in [0.2, 0.25) is 0 Å². The summed E-state index contributed by atoms with van der Waals surface area (Å²) < 4.78 is 0.